The van der Waals surface area contributed by atoms with E-state index in [2.05, 4.69) is 4.98 Å². The summed E-state index contributed by atoms with van der Waals surface area (Å²) >= 11 is 0. The molecule has 1 aromatic heterocycles. The van der Waals surface area contributed by atoms with E-state index >= 15 is 0 Å². The van der Waals surface area contributed by atoms with Crippen molar-refractivity contribution in [2.24, 2.45) is 0 Å². The largest absolute Gasteiger partial charge is 0.436 e. The summed E-state index contributed by atoms with van der Waals surface area (Å²) in [6.45, 7) is 0. The van der Waals surface area contributed by atoms with Crippen LogP contribution in [0.25, 0.3) is 22.8 Å². The number of nitro groups is 1. The molecule has 23 heavy (non-hydrogen) atoms. The molecule has 6 nitrogen and oxygen atoms in total. The van der Waals surface area contributed by atoms with Crippen LogP contribution in [-0.2, 0) is 0 Å². The molecule has 0 aliphatic rings. The van der Waals surface area contributed by atoms with E-state index in [1.807, 2.05) is 43.3 Å². The number of non-ortho nitro benzene ring substituents is 1. The Morgan fingerprint density at radius 1 is 1.00 bits per heavy atom. The van der Waals surface area contributed by atoms with Crippen LogP contribution in [0.5, 0.6) is 0 Å². The first kappa shape index (κ1) is 14.8. The lowest BCUT2D eigenvalue weighted by Crippen LogP contribution is -2.07. The van der Waals surface area contributed by atoms with Crippen molar-refractivity contribution in [2.45, 2.75) is 0 Å². The summed E-state index contributed by atoms with van der Waals surface area (Å²) < 4.78 is 5.76. The van der Waals surface area contributed by atoms with E-state index < -0.39 is 4.92 Å². The van der Waals surface area contributed by atoms with Crippen LogP contribution >= 0.6 is 0 Å². The molecule has 0 radical (unpaired) electrons. The lowest BCUT2D eigenvalue weighted by Gasteiger charge is -2.11. The van der Waals surface area contributed by atoms with Gasteiger partial charge in [-0.3, -0.25) is 10.1 Å². The van der Waals surface area contributed by atoms with Crippen molar-refractivity contribution in [3.63, 3.8) is 0 Å². The van der Waals surface area contributed by atoms with Crippen LogP contribution in [0.4, 0.5) is 11.4 Å². The van der Waals surface area contributed by atoms with Crippen LogP contribution in [0.15, 0.2) is 59.1 Å². The van der Waals surface area contributed by atoms with Gasteiger partial charge < -0.3 is 9.32 Å². The van der Waals surface area contributed by atoms with Crippen molar-refractivity contribution < 1.29 is 9.34 Å². The number of rotatable bonds is 4. The maximum absolute atomic E-state index is 10.7. The molecule has 116 valence electrons. The lowest BCUT2D eigenvalue weighted by atomic mass is 10.2. The highest BCUT2D eigenvalue weighted by molar-refractivity contribution is 5.63. The van der Waals surface area contributed by atoms with Gasteiger partial charge in [0, 0.05) is 43.0 Å². The smallest absolute Gasteiger partial charge is 0.269 e. The zero-order valence-corrected chi connectivity index (χ0v) is 12.8. The zero-order chi connectivity index (χ0) is 16.4. The van der Waals surface area contributed by atoms with Gasteiger partial charge in [0.2, 0.25) is 5.89 Å². The monoisotopic (exact) mass is 309 g/mol. The van der Waals surface area contributed by atoms with Gasteiger partial charge in [-0.2, -0.15) is 0 Å². The minimum atomic E-state index is -0.429. The van der Waals surface area contributed by atoms with Gasteiger partial charge in [-0.1, -0.05) is 0 Å². The third-order valence-corrected chi connectivity index (χ3v) is 3.50. The highest BCUT2D eigenvalue weighted by Crippen LogP contribution is 2.28. The van der Waals surface area contributed by atoms with E-state index in [4.69, 9.17) is 4.42 Å². The molecule has 0 spiro atoms. The van der Waals surface area contributed by atoms with Crippen molar-refractivity contribution in [2.75, 3.05) is 19.0 Å². The first-order valence-electron chi connectivity index (χ1n) is 7.03. The fourth-order valence-electron chi connectivity index (χ4n) is 2.19. The van der Waals surface area contributed by atoms with Crippen LogP contribution in [0.2, 0.25) is 0 Å². The normalized spacial score (nSPS) is 10.5. The Bertz CT molecular complexity index is 821. The fourth-order valence-corrected chi connectivity index (χ4v) is 2.19. The molecule has 3 rings (SSSR count). The highest BCUT2D eigenvalue weighted by Gasteiger charge is 2.11. The molecule has 0 aliphatic heterocycles. The predicted molar refractivity (Wildman–Crippen MR) is 88.4 cm³/mol. The minimum absolute atomic E-state index is 0.0489. The van der Waals surface area contributed by atoms with Gasteiger partial charge in [-0.25, -0.2) is 4.98 Å². The summed E-state index contributed by atoms with van der Waals surface area (Å²) in [5.41, 5.74) is 2.77. The summed E-state index contributed by atoms with van der Waals surface area (Å²) in [5, 5.41) is 10.7. The van der Waals surface area contributed by atoms with Crippen molar-refractivity contribution in [1.82, 2.24) is 4.98 Å². The molecule has 3 aromatic rings. The van der Waals surface area contributed by atoms with Gasteiger partial charge in [0.05, 0.1) is 11.1 Å². The van der Waals surface area contributed by atoms with Gasteiger partial charge in [0.15, 0.2) is 5.76 Å². The first-order valence-corrected chi connectivity index (χ1v) is 7.03. The Labute approximate surface area is 133 Å². The van der Waals surface area contributed by atoms with Crippen molar-refractivity contribution >= 4 is 11.4 Å². The number of aromatic nitrogens is 1. The third kappa shape index (κ3) is 3.06. The molecular formula is C17H15N3O3. The van der Waals surface area contributed by atoms with E-state index in [-0.39, 0.29) is 5.69 Å². The third-order valence-electron chi connectivity index (χ3n) is 3.50. The number of benzene rings is 2. The average molecular weight is 309 g/mol. The standard InChI is InChI=1S/C17H15N3O3/c1-19(2)14-7-5-13(6-8-14)17-18-11-16(23-17)12-3-9-15(10-4-12)20(21)22/h3-11H,1-2H3. The quantitative estimate of drug-likeness (QED) is 0.538. The van der Waals surface area contributed by atoms with E-state index in [0.717, 1.165) is 16.8 Å². The summed E-state index contributed by atoms with van der Waals surface area (Å²) in [4.78, 5) is 16.5. The molecule has 0 atom stereocenters. The second kappa shape index (κ2) is 5.92. The van der Waals surface area contributed by atoms with E-state index in [1.165, 1.54) is 12.1 Å². The first-order chi connectivity index (χ1) is 11.0. The number of nitro benzene ring substituents is 1. The Balaban J connectivity index is 1.86. The summed E-state index contributed by atoms with van der Waals surface area (Å²) in [7, 11) is 3.96. The molecule has 6 heteroatoms. The van der Waals surface area contributed by atoms with Crippen LogP contribution in [0.1, 0.15) is 0 Å². The Hall–Kier alpha value is -3.15. The topological polar surface area (TPSA) is 72.4 Å². The molecule has 0 amide bonds. The van der Waals surface area contributed by atoms with E-state index in [0.29, 0.717) is 11.7 Å². The van der Waals surface area contributed by atoms with Gasteiger partial charge >= 0.3 is 0 Å². The molecule has 1 heterocycles. The maximum Gasteiger partial charge on any atom is 0.269 e. The number of hydrogen-bond acceptors (Lipinski definition) is 5. The highest BCUT2D eigenvalue weighted by atomic mass is 16.6. The molecule has 0 saturated carbocycles. The molecule has 0 fully saturated rings. The zero-order valence-electron chi connectivity index (χ0n) is 12.8. The summed E-state index contributed by atoms with van der Waals surface area (Å²) in [6.07, 6.45) is 1.62. The number of nitrogens with zero attached hydrogens (tertiary/aromatic N) is 3. The van der Waals surface area contributed by atoms with Gasteiger partial charge in [-0.15, -0.1) is 0 Å². The fraction of sp³-hybridized carbons (Fsp3) is 0.118. The van der Waals surface area contributed by atoms with Gasteiger partial charge in [0.1, 0.15) is 0 Å². The van der Waals surface area contributed by atoms with E-state index in [1.54, 1.807) is 18.3 Å². The molecule has 0 bridgehead atoms. The van der Waals surface area contributed by atoms with Crippen LogP contribution in [-0.4, -0.2) is 24.0 Å². The minimum Gasteiger partial charge on any atom is -0.436 e. The molecular weight excluding hydrogens is 294 g/mol. The van der Waals surface area contributed by atoms with Crippen molar-refractivity contribution in [1.29, 1.82) is 0 Å². The maximum atomic E-state index is 10.7. The molecule has 0 N–H and O–H groups in total. The Morgan fingerprint density at radius 2 is 1.61 bits per heavy atom. The molecule has 0 unspecified atom stereocenters. The molecule has 0 saturated heterocycles. The second-order valence-corrected chi connectivity index (χ2v) is 5.27. The second-order valence-electron chi connectivity index (χ2n) is 5.27. The number of oxazole rings is 1. The van der Waals surface area contributed by atoms with Crippen LogP contribution < -0.4 is 4.90 Å². The number of hydrogen-bond donors (Lipinski definition) is 0. The molecule has 0 aliphatic carbocycles. The predicted octanol–water partition coefficient (Wildman–Crippen LogP) is 3.98. The average Bonchev–Trinajstić information content (AvgIpc) is 3.05. The van der Waals surface area contributed by atoms with Crippen molar-refractivity contribution in [3.8, 4) is 22.8 Å². The number of anilines is 1. The van der Waals surface area contributed by atoms with Gasteiger partial charge in [0.25, 0.3) is 5.69 Å². The van der Waals surface area contributed by atoms with Crippen LogP contribution in [0, 0.1) is 10.1 Å². The Kier molecular flexibility index (Phi) is 3.80. The Morgan fingerprint density at radius 3 is 2.17 bits per heavy atom. The molecule has 2 aromatic carbocycles. The van der Waals surface area contributed by atoms with Crippen molar-refractivity contribution in [3.05, 3.63) is 64.8 Å². The lowest BCUT2D eigenvalue weighted by molar-refractivity contribution is -0.384. The summed E-state index contributed by atoms with van der Waals surface area (Å²) in [5.74, 6) is 1.09. The SMILES string of the molecule is CN(C)c1ccc(-c2ncc(-c3ccc([N+](=O)[O-])cc3)o2)cc1. The van der Waals surface area contributed by atoms with Crippen LogP contribution in [0.3, 0.4) is 0 Å². The summed E-state index contributed by atoms with van der Waals surface area (Å²) in [6, 6.07) is 14.1. The van der Waals surface area contributed by atoms with Gasteiger partial charge in [-0.05, 0) is 36.4 Å². The van der Waals surface area contributed by atoms with E-state index in [9.17, 15) is 10.1 Å².